The molecule has 37 heavy (non-hydrogen) atoms. The predicted octanol–water partition coefficient (Wildman–Crippen LogP) is 4.72. The van der Waals surface area contributed by atoms with Crippen LogP contribution in [0.4, 0.5) is 28.9 Å². The maximum absolute atomic E-state index is 13.4. The summed E-state index contributed by atoms with van der Waals surface area (Å²) in [7, 11) is 0. The van der Waals surface area contributed by atoms with Crippen molar-refractivity contribution in [2.45, 2.75) is 25.6 Å². The number of ether oxygens (including phenoxy) is 1. The number of rotatable bonds is 8. The molecule has 3 aromatic rings. The van der Waals surface area contributed by atoms with Gasteiger partial charge in [0.2, 0.25) is 5.91 Å². The van der Waals surface area contributed by atoms with Gasteiger partial charge in [0.1, 0.15) is 12.1 Å². The molecule has 8 nitrogen and oxygen atoms in total. The second-order valence-corrected chi connectivity index (χ2v) is 8.87. The van der Waals surface area contributed by atoms with Crippen LogP contribution in [0.25, 0.3) is 0 Å². The van der Waals surface area contributed by atoms with Crippen LogP contribution >= 0.6 is 11.6 Å². The van der Waals surface area contributed by atoms with Gasteiger partial charge < -0.3 is 15.4 Å². The number of aromatic nitrogens is 3. The Labute approximate surface area is 213 Å². The average molecular weight is 538 g/mol. The van der Waals surface area contributed by atoms with Gasteiger partial charge in [0.15, 0.2) is 5.78 Å². The largest absolute Gasteiger partial charge is 0.418 e. The van der Waals surface area contributed by atoms with Gasteiger partial charge >= 0.3 is 6.18 Å². The van der Waals surface area contributed by atoms with E-state index in [1.807, 2.05) is 0 Å². The number of nitrogens with zero attached hydrogens (tertiary/aromatic N) is 3. The van der Waals surface area contributed by atoms with Gasteiger partial charge in [-0.3, -0.25) is 14.6 Å². The number of halogens is 5. The molecule has 0 unspecified atom stereocenters. The van der Waals surface area contributed by atoms with Crippen LogP contribution in [-0.2, 0) is 22.3 Å². The highest BCUT2D eigenvalue weighted by atomic mass is 35.5. The second kappa shape index (κ2) is 10.8. The number of amides is 1. The second-order valence-electron chi connectivity index (χ2n) is 8.46. The highest BCUT2D eigenvalue weighted by molar-refractivity contribution is 6.31. The van der Waals surface area contributed by atoms with Crippen LogP contribution < -0.4 is 10.6 Å². The number of benzene rings is 1. The molecule has 0 aliphatic carbocycles. The van der Waals surface area contributed by atoms with E-state index in [1.165, 1.54) is 31.0 Å². The van der Waals surface area contributed by atoms with Gasteiger partial charge in [0.25, 0.3) is 0 Å². The van der Waals surface area contributed by atoms with Crippen molar-refractivity contribution in [3.05, 3.63) is 76.8 Å². The fraction of sp³-hybridized carbons (Fsp3) is 0.292. The number of nitrogens with one attached hydrogen (secondary N) is 2. The third-order valence-electron chi connectivity index (χ3n) is 5.87. The van der Waals surface area contributed by atoms with Crippen molar-refractivity contribution in [1.82, 2.24) is 20.3 Å². The Morgan fingerprint density at radius 1 is 1.14 bits per heavy atom. The molecular formula is C24H20ClF4N5O3. The molecule has 3 heterocycles. The molecule has 4 rings (SSSR count). The van der Waals surface area contributed by atoms with Crippen LogP contribution in [0.5, 0.6) is 0 Å². The van der Waals surface area contributed by atoms with Crippen molar-refractivity contribution in [3.8, 4) is 0 Å². The summed E-state index contributed by atoms with van der Waals surface area (Å²) in [5, 5.41) is 5.34. The first-order chi connectivity index (χ1) is 17.6. The minimum absolute atomic E-state index is 0.0570. The standard InChI is InChI=1S/C24H20ClF4N5O3/c25-18-6-16(34-19-2-1-15(26)5-17(19)24(27,28)29)10-32-20(18)11-33-22(36)23(3-4-37-12-23)7-21(35)14-8-30-13-31-9-14/h1-2,5-6,8-10,13,34H,3-4,7,11-12H2,(H,33,36)/t23-/m0/s1. The number of Topliss-reactive ketones (excluding diaryl/α,β-unsaturated/α-hetero) is 1. The maximum Gasteiger partial charge on any atom is 0.418 e. The number of ketones is 1. The van der Waals surface area contributed by atoms with Gasteiger partial charge in [0.05, 0.1) is 58.0 Å². The number of alkyl halides is 3. The van der Waals surface area contributed by atoms with E-state index < -0.39 is 28.9 Å². The van der Waals surface area contributed by atoms with Gasteiger partial charge in [-0.2, -0.15) is 13.2 Å². The Bertz CT molecular complexity index is 1300. The molecule has 1 fully saturated rings. The molecule has 2 aromatic heterocycles. The zero-order valence-corrected chi connectivity index (χ0v) is 19.9. The van der Waals surface area contributed by atoms with Gasteiger partial charge in [-0.15, -0.1) is 0 Å². The molecule has 1 atom stereocenters. The van der Waals surface area contributed by atoms with E-state index in [-0.39, 0.29) is 53.0 Å². The molecule has 1 amide bonds. The number of hydrogen-bond donors (Lipinski definition) is 2. The normalized spacial score (nSPS) is 17.4. The monoisotopic (exact) mass is 537 g/mol. The Balaban J connectivity index is 1.44. The van der Waals surface area contributed by atoms with Crippen LogP contribution in [0.3, 0.4) is 0 Å². The predicted molar refractivity (Wildman–Crippen MR) is 125 cm³/mol. The first-order valence-corrected chi connectivity index (χ1v) is 11.4. The van der Waals surface area contributed by atoms with Gasteiger partial charge in [-0.05, 0) is 30.7 Å². The summed E-state index contributed by atoms with van der Waals surface area (Å²) in [4.78, 5) is 37.6. The Kier molecular flexibility index (Phi) is 7.69. The van der Waals surface area contributed by atoms with E-state index in [2.05, 4.69) is 25.6 Å². The van der Waals surface area contributed by atoms with Crippen LogP contribution in [0.15, 0.2) is 49.2 Å². The van der Waals surface area contributed by atoms with Gasteiger partial charge in [-0.25, -0.2) is 14.4 Å². The molecule has 1 saturated heterocycles. The maximum atomic E-state index is 13.4. The van der Waals surface area contributed by atoms with E-state index in [4.69, 9.17) is 16.3 Å². The lowest BCUT2D eigenvalue weighted by Crippen LogP contribution is -2.43. The molecule has 1 aliphatic rings. The van der Waals surface area contributed by atoms with Crippen LogP contribution in [0.1, 0.15) is 34.5 Å². The van der Waals surface area contributed by atoms with E-state index in [1.54, 1.807) is 0 Å². The van der Waals surface area contributed by atoms with E-state index in [0.29, 0.717) is 19.1 Å². The number of hydrogen-bond acceptors (Lipinski definition) is 7. The van der Waals surface area contributed by atoms with Crippen molar-refractivity contribution >= 4 is 34.7 Å². The zero-order valence-electron chi connectivity index (χ0n) is 19.1. The fourth-order valence-corrected chi connectivity index (χ4v) is 4.12. The highest BCUT2D eigenvalue weighted by Gasteiger charge is 2.44. The SMILES string of the molecule is O=C(C[C@@]1(C(=O)NCc2ncc(Nc3ccc(F)cc3C(F)(F)F)cc2Cl)CCOC1)c1cncnc1. The summed E-state index contributed by atoms with van der Waals surface area (Å²) >= 11 is 6.26. The summed E-state index contributed by atoms with van der Waals surface area (Å²) in [6, 6.07) is 3.59. The van der Waals surface area contributed by atoms with Crippen molar-refractivity contribution in [2.75, 3.05) is 18.5 Å². The number of carbonyl (C=O) groups excluding carboxylic acids is 2. The Hall–Kier alpha value is -3.64. The number of carbonyl (C=O) groups is 2. The molecule has 0 spiro atoms. The minimum atomic E-state index is -4.78. The molecule has 0 radical (unpaired) electrons. The number of anilines is 2. The van der Waals surface area contributed by atoms with Crippen LogP contribution in [0.2, 0.25) is 5.02 Å². The van der Waals surface area contributed by atoms with E-state index in [0.717, 1.165) is 12.1 Å². The summed E-state index contributed by atoms with van der Waals surface area (Å²) < 4.78 is 58.5. The summed E-state index contributed by atoms with van der Waals surface area (Å²) in [6.45, 7) is 0.281. The summed E-state index contributed by atoms with van der Waals surface area (Å²) in [5.41, 5.74) is -1.97. The third kappa shape index (κ3) is 6.20. The molecule has 13 heteroatoms. The quantitative estimate of drug-likeness (QED) is 0.316. The lowest BCUT2D eigenvalue weighted by Gasteiger charge is -2.25. The Morgan fingerprint density at radius 2 is 1.89 bits per heavy atom. The first kappa shape index (κ1) is 26.4. The van der Waals surface area contributed by atoms with Crippen molar-refractivity contribution < 1.29 is 31.9 Å². The van der Waals surface area contributed by atoms with Crippen molar-refractivity contribution in [1.29, 1.82) is 0 Å². The smallest absolute Gasteiger partial charge is 0.380 e. The molecular weight excluding hydrogens is 518 g/mol. The molecule has 194 valence electrons. The summed E-state index contributed by atoms with van der Waals surface area (Å²) in [5.74, 6) is -1.74. The molecule has 1 aromatic carbocycles. The zero-order chi connectivity index (χ0) is 26.6. The lowest BCUT2D eigenvalue weighted by molar-refractivity contribution is -0.137. The first-order valence-electron chi connectivity index (χ1n) is 11.0. The van der Waals surface area contributed by atoms with Gasteiger partial charge in [0, 0.05) is 25.4 Å². The lowest BCUT2D eigenvalue weighted by atomic mass is 9.80. The topological polar surface area (TPSA) is 106 Å². The van der Waals surface area contributed by atoms with E-state index >= 15 is 0 Å². The van der Waals surface area contributed by atoms with Crippen molar-refractivity contribution in [2.24, 2.45) is 5.41 Å². The molecule has 0 saturated carbocycles. The van der Waals surface area contributed by atoms with Crippen molar-refractivity contribution in [3.63, 3.8) is 0 Å². The molecule has 0 bridgehead atoms. The fourth-order valence-electron chi connectivity index (χ4n) is 3.89. The molecule has 2 N–H and O–H groups in total. The number of pyridine rings is 1. The van der Waals surface area contributed by atoms with Crippen LogP contribution in [-0.4, -0.2) is 39.9 Å². The average Bonchev–Trinajstić information content (AvgIpc) is 3.34. The Morgan fingerprint density at radius 3 is 2.54 bits per heavy atom. The highest BCUT2D eigenvalue weighted by Crippen LogP contribution is 2.37. The van der Waals surface area contributed by atoms with E-state index in [9.17, 15) is 27.2 Å². The third-order valence-corrected chi connectivity index (χ3v) is 6.19. The van der Waals surface area contributed by atoms with Gasteiger partial charge in [-0.1, -0.05) is 11.6 Å². The summed E-state index contributed by atoms with van der Waals surface area (Å²) in [6.07, 6.45) is 0.742. The minimum Gasteiger partial charge on any atom is -0.380 e. The van der Waals surface area contributed by atoms with Crippen LogP contribution in [0, 0.1) is 11.2 Å². The molecule has 1 aliphatic heterocycles.